The second kappa shape index (κ2) is 14.0. The number of carboxylic acids is 1. The Kier molecular flexibility index (Phi) is 10.5. The molecule has 1 aliphatic heterocycles. The van der Waals surface area contributed by atoms with E-state index >= 15 is 0 Å². The molecule has 2 aromatic carbocycles. The van der Waals surface area contributed by atoms with Crippen molar-refractivity contribution in [3.63, 3.8) is 0 Å². The number of hydrogen-bond donors (Lipinski definition) is 1. The summed E-state index contributed by atoms with van der Waals surface area (Å²) in [4.78, 5) is 42.7. The predicted molar refractivity (Wildman–Crippen MR) is 139 cm³/mol. The van der Waals surface area contributed by atoms with Crippen LogP contribution in [0.15, 0.2) is 79.1 Å². The first-order chi connectivity index (χ1) is 19.1. The van der Waals surface area contributed by atoms with Crippen LogP contribution in [0.5, 0.6) is 11.5 Å². The van der Waals surface area contributed by atoms with E-state index in [1.54, 1.807) is 43.8 Å². The van der Waals surface area contributed by atoms with Crippen LogP contribution in [-0.4, -0.2) is 71.8 Å². The fourth-order valence-corrected chi connectivity index (χ4v) is 3.85. The van der Waals surface area contributed by atoms with E-state index in [0.29, 0.717) is 30.1 Å². The Morgan fingerprint density at radius 2 is 1.52 bits per heavy atom. The number of benzene rings is 2. The van der Waals surface area contributed by atoms with Crippen molar-refractivity contribution in [2.24, 2.45) is 0 Å². The Morgan fingerprint density at radius 3 is 2.05 bits per heavy atom. The molecule has 1 N–H and O–H groups in total. The fourth-order valence-electron chi connectivity index (χ4n) is 3.85. The van der Waals surface area contributed by atoms with Crippen molar-refractivity contribution in [2.75, 3.05) is 31.6 Å². The minimum atomic E-state index is -5.08. The average Bonchev–Trinajstić information content (AvgIpc) is 2.96. The summed E-state index contributed by atoms with van der Waals surface area (Å²) in [5.74, 6) is -1.61. The molecule has 0 bridgehead atoms. The molecule has 9 nitrogen and oxygen atoms in total. The first-order valence-corrected chi connectivity index (χ1v) is 12.2. The van der Waals surface area contributed by atoms with E-state index in [0.717, 1.165) is 18.6 Å². The Balaban J connectivity index is 0.000000559. The third-order valence-corrected chi connectivity index (χ3v) is 5.93. The maximum atomic E-state index is 13.3. The second-order valence-electron chi connectivity index (χ2n) is 8.64. The van der Waals surface area contributed by atoms with Gasteiger partial charge in [-0.15, -0.1) is 0 Å². The number of piperidine rings is 1. The molecule has 12 heteroatoms. The SMILES string of the molecule is COc1ccc(C(=O)N(CC(=O)N2CCC(Oc3ccncc3)CC2)c2ccccc2)cc1.O=C(O)C(F)(F)F. The second-order valence-corrected chi connectivity index (χ2v) is 8.64. The van der Waals surface area contributed by atoms with Gasteiger partial charge < -0.3 is 19.5 Å². The molecule has 1 fully saturated rings. The number of aliphatic carboxylic acids is 1. The van der Waals surface area contributed by atoms with Crippen LogP contribution in [0.1, 0.15) is 23.2 Å². The van der Waals surface area contributed by atoms with Gasteiger partial charge in [0.25, 0.3) is 5.91 Å². The third kappa shape index (κ3) is 8.72. The van der Waals surface area contributed by atoms with E-state index in [4.69, 9.17) is 19.4 Å². The third-order valence-electron chi connectivity index (χ3n) is 5.93. The standard InChI is InChI=1S/C26H27N3O4.C2HF3O2/c1-32-22-9-7-20(8-10-22)26(31)29(21-5-3-2-4-6-21)19-25(30)28-17-13-24(14-18-28)33-23-11-15-27-16-12-23;3-2(4,5)1(6)7/h2-12,15-16,24H,13-14,17-19H2,1H3;(H,6,7). The van der Waals surface area contributed by atoms with Gasteiger partial charge in [0.2, 0.25) is 5.91 Å². The number of pyridine rings is 1. The minimum Gasteiger partial charge on any atom is -0.497 e. The lowest BCUT2D eigenvalue weighted by molar-refractivity contribution is -0.192. The van der Waals surface area contributed by atoms with Gasteiger partial charge in [0, 0.05) is 49.6 Å². The monoisotopic (exact) mass is 559 g/mol. The van der Waals surface area contributed by atoms with Gasteiger partial charge >= 0.3 is 12.1 Å². The van der Waals surface area contributed by atoms with Gasteiger partial charge in [-0.2, -0.15) is 13.2 Å². The molecule has 0 atom stereocenters. The van der Waals surface area contributed by atoms with Gasteiger partial charge in [-0.25, -0.2) is 4.79 Å². The zero-order chi connectivity index (χ0) is 29.1. The number of methoxy groups -OCH3 is 1. The average molecular weight is 560 g/mol. The van der Waals surface area contributed by atoms with E-state index in [2.05, 4.69) is 4.98 Å². The lowest BCUT2D eigenvalue weighted by atomic mass is 10.1. The van der Waals surface area contributed by atoms with Crippen LogP contribution in [0, 0.1) is 0 Å². The molecular weight excluding hydrogens is 531 g/mol. The summed E-state index contributed by atoms with van der Waals surface area (Å²) in [6.07, 6.45) is -0.141. The molecule has 1 aromatic heterocycles. The molecule has 2 amide bonds. The summed E-state index contributed by atoms with van der Waals surface area (Å²) in [5, 5.41) is 7.12. The number of halogens is 3. The molecule has 2 heterocycles. The number of para-hydroxylation sites is 1. The molecular formula is C28H28F3N3O6. The van der Waals surface area contributed by atoms with Crippen LogP contribution in [0.4, 0.5) is 18.9 Å². The number of ether oxygens (including phenoxy) is 2. The number of amides is 2. The Labute approximate surface area is 228 Å². The number of carbonyl (C=O) groups is 3. The zero-order valence-corrected chi connectivity index (χ0v) is 21.6. The molecule has 0 radical (unpaired) electrons. The smallest absolute Gasteiger partial charge is 0.490 e. The van der Waals surface area contributed by atoms with Crippen molar-refractivity contribution in [3.05, 3.63) is 84.7 Å². The number of aromatic nitrogens is 1. The maximum Gasteiger partial charge on any atom is 0.490 e. The molecule has 3 aromatic rings. The van der Waals surface area contributed by atoms with Crippen LogP contribution in [0.3, 0.4) is 0 Å². The molecule has 1 aliphatic rings. The minimum absolute atomic E-state index is 0.0231. The molecule has 4 rings (SSSR count). The van der Waals surface area contributed by atoms with Crippen molar-refractivity contribution < 1.29 is 42.1 Å². The van der Waals surface area contributed by atoms with Gasteiger partial charge in [0.05, 0.1) is 7.11 Å². The summed E-state index contributed by atoms with van der Waals surface area (Å²) in [6.45, 7) is 1.16. The normalized spacial score (nSPS) is 13.4. The van der Waals surface area contributed by atoms with Crippen LogP contribution >= 0.6 is 0 Å². The molecule has 0 aliphatic carbocycles. The molecule has 0 saturated carbocycles. The van der Waals surface area contributed by atoms with Gasteiger partial charge in [0.15, 0.2) is 0 Å². The number of nitrogens with zero attached hydrogens (tertiary/aromatic N) is 3. The number of rotatable bonds is 7. The van der Waals surface area contributed by atoms with Crippen molar-refractivity contribution in [1.29, 1.82) is 0 Å². The summed E-state index contributed by atoms with van der Waals surface area (Å²) >= 11 is 0. The molecule has 0 unspecified atom stereocenters. The lowest BCUT2D eigenvalue weighted by Gasteiger charge is -2.33. The van der Waals surface area contributed by atoms with E-state index in [9.17, 15) is 22.8 Å². The van der Waals surface area contributed by atoms with Crippen molar-refractivity contribution in [3.8, 4) is 11.5 Å². The highest BCUT2D eigenvalue weighted by Crippen LogP contribution is 2.22. The highest BCUT2D eigenvalue weighted by atomic mass is 19.4. The Morgan fingerprint density at radius 1 is 0.950 bits per heavy atom. The molecule has 40 heavy (non-hydrogen) atoms. The van der Waals surface area contributed by atoms with Gasteiger partial charge in [-0.1, -0.05) is 18.2 Å². The van der Waals surface area contributed by atoms with Crippen LogP contribution in [0.25, 0.3) is 0 Å². The number of carboxylic acid groups (broad SMARTS) is 1. The van der Waals surface area contributed by atoms with Crippen LogP contribution in [-0.2, 0) is 9.59 Å². The highest BCUT2D eigenvalue weighted by molar-refractivity contribution is 6.08. The summed E-state index contributed by atoms with van der Waals surface area (Å²) in [5.41, 5.74) is 1.18. The highest BCUT2D eigenvalue weighted by Gasteiger charge is 2.38. The molecule has 1 saturated heterocycles. The summed E-state index contributed by atoms with van der Waals surface area (Å²) in [7, 11) is 1.58. The lowest BCUT2D eigenvalue weighted by Crippen LogP contribution is -2.47. The first-order valence-electron chi connectivity index (χ1n) is 12.2. The van der Waals surface area contributed by atoms with Crippen molar-refractivity contribution in [2.45, 2.75) is 25.1 Å². The van der Waals surface area contributed by atoms with Crippen molar-refractivity contribution in [1.82, 2.24) is 9.88 Å². The Bertz CT molecular complexity index is 1250. The summed E-state index contributed by atoms with van der Waals surface area (Å²) in [6, 6.07) is 19.8. The fraction of sp³-hybridized carbons (Fsp3) is 0.286. The van der Waals surface area contributed by atoms with Gasteiger partial charge in [-0.05, 0) is 48.5 Å². The number of alkyl halides is 3. The number of likely N-dealkylation sites (tertiary alicyclic amines) is 1. The molecule has 212 valence electrons. The zero-order valence-electron chi connectivity index (χ0n) is 21.6. The molecule has 0 spiro atoms. The number of hydrogen-bond acceptors (Lipinski definition) is 6. The van der Waals surface area contributed by atoms with E-state index in [-0.39, 0.29) is 24.5 Å². The van der Waals surface area contributed by atoms with Gasteiger partial charge in [-0.3, -0.25) is 19.5 Å². The van der Waals surface area contributed by atoms with Crippen LogP contribution < -0.4 is 14.4 Å². The predicted octanol–water partition coefficient (Wildman–Crippen LogP) is 4.44. The van der Waals surface area contributed by atoms with Crippen LogP contribution in [0.2, 0.25) is 0 Å². The van der Waals surface area contributed by atoms with E-state index in [1.807, 2.05) is 47.4 Å². The largest absolute Gasteiger partial charge is 0.497 e. The number of carbonyl (C=O) groups excluding carboxylic acids is 2. The Hall–Kier alpha value is -4.61. The number of anilines is 1. The van der Waals surface area contributed by atoms with Gasteiger partial charge in [0.1, 0.15) is 24.1 Å². The first kappa shape index (κ1) is 29.9. The quantitative estimate of drug-likeness (QED) is 0.456. The maximum absolute atomic E-state index is 13.3. The van der Waals surface area contributed by atoms with E-state index in [1.165, 1.54) is 4.90 Å². The topological polar surface area (TPSA) is 109 Å². The van der Waals surface area contributed by atoms with Crippen molar-refractivity contribution >= 4 is 23.5 Å². The summed E-state index contributed by atoms with van der Waals surface area (Å²) < 4.78 is 42.9. The van der Waals surface area contributed by atoms with E-state index < -0.39 is 12.1 Å².